The van der Waals surface area contributed by atoms with Crippen LogP contribution in [0.1, 0.15) is 44.9 Å². The van der Waals surface area contributed by atoms with E-state index in [4.69, 9.17) is 0 Å². The molecule has 0 amide bonds. The first-order valence-electron chi connectivity index (χ1n) is 6.39. The summed E-state index contributed by atoms with van der Waals surface area (Å²) in [6, 6.07) is 0.880. The van der Waals surface area contributed by atoms with E-state index in [1.165, 1.54) is 64.6 Å². The fraction of sp³-hybridized carbons (Fsp3) is 1.00. The fourth-order valence-electron chi connectivity index (χ4n) is 1.85. The molecule has 2 nitrogen and oxygen atoms in total. The maximum atomic E-state index is 3.54. The van der Waals surface area contributed by atoms with Gasteiger partial charge < -0.3 is 10.6 Å². The van der Waals surface area contributed by atoms with E-state index in [2.05, 4.69) is 10.6 Å². The molecule has 0 heterocycles. The van der Waals surface area contributed by atoms with Crippen LogP contribution in [-0.4, -0.2) is 25.7 Å². The van der Waals surface area contributed by atoms with Crippen LogP contribution in [0.4, 0.5) is 0 Å². The molecule has 2 saturated carbocycles. The normalized spacial score (nSPS) is 21.4. The fourth-order valence-corrected chi connectivity index (χ4v) is 1.85. The van der Waals surface area contributed by atoms with Crippen molar-refractivity contribution < 1.29 is 0 Å². The average molecular weight is 196 g/mol. The quantitative estimate of drug-likeness (QED) is 0.550. The lowest BCUT2D eigenvalue weighted by atomic mass is 10.2. The molecule has 82 valence electrons. The molecule has 0 unspecified atom stereocenters. The van der Waals surface area contributed by atoms with Crippen molar-refractivity contribution in [3.8, 4) is 0 Å². The molecule has 0 spiro atoms. The van der Waals surface area contributed by atoms with Crippen LogP contribution < -0.4 is 10.6 Å². The van der Waals surface area contributed by atoms with Crippen molar-refractivity contribution >= 4 is 0 Å². The highest BCUT2D eigenvalue weighted by Gasteiger charge is 2.20. The minimum Gasteiger partial charge on any atom is -0.317 e. The molecule has 0 bridgehead atoms. The molecule has 0 saturated heterocycles. The largest absolute Gasteiger partial charge is 0.317 e. The van der Waals surface area contributed by atoms with Crippen LogP contribution in [0.25, 0.3) is 0 Å². The van der Waals surface area contributed by atoms with Crippen LogP contribution in [-0.2, 0) is 0 Å². The van der Waals surface area contributed by atoms with Crippen molar-refractivity contribution in [3.63, 3.8) is 0 Å². The minimum atomic E-state index is 0.880. The molecule has 2 heteroatoms. The Morgan fingerprint density at radius 2 is 1.64 bits per heavy atom. The molecule has 2 N–H and O–H groups in total. The Morgan fingerprint density at radius 1 is 0.857 bits per heavy atom. The van der Waals surface area contributed by atoms with Crippen LogP contribution in [0.15, 0.2) is 0 Å². The summed E-state index contributed by atoms with van der Waals surface area (Å²) in [5.41, 5.74) is 0. The summed E-state index contributed by atoms with van der Waals surface area (Å²) in [5.74, 6) is 1.10. The van der Waals surface area contributed by atoms with Gasteiger partial charge in [-0.05, 0) is 57.7 Å². The zero-order valence-corrected chi connectivity index (χ0v) is 9.23. The lowest BCUT2D eigenvalue weighted by molar-refractivity contribution is 0.561. The number of hydrogen-bond donors (Lipinski definition) is 2. The third-order valence-electron chi connectivity index (χ3n) is 3.20. The molecule has 0 radical (unpaired) electrons. The predicted molar refractivity (Wildman–Crippen MR) is 60.5 cm³/mol. The average Bonchev–Trinajstić information content (AvgIpc) is 3.00. The lowest BCUT2D eigenvalue weighted by Gasteiger charge is -2.04. The zero-order valence-electron chi connectivity index (χ0n) is 9.23. The first-order chi connectivity index (χ1) is 6.95. The smallest absolute Gasteiger partial charge is 0.00682 e. The SMILES string of the molecule is C(CNCCCC1CC1)CNC1CC1. The van der Waals surface area contributed by atoms with Crippen LogP contribution in [0, 0.1) is 5.92 Å². The van der Waals surface area contributed by atoms with Gasteiger partial charge in [0.05, 0.1) is 0 Å². The highest BCUT2D eigenvalue weighted by Crippen LogP contribution is 2.33. The third-order valence-corrected chi connectivity index (χ3v) is 3.20. The van der Waals surface area contributed by atoms with E-state index in [-0.39, 0.29) is 0 Å². The predicted octanol–water partition coefficient (Wildman–Crippen LogP) is 1.91. The van der Waals surface area contributed by atoms with Gasteiger partial charge in [-0.3, -0.25) is 0 Å². The van der Waals surface area contributed by atoms with Crippen molar-refractivity contribution in [1.29, 1.82) is 0 Å². The van der Waals surface area contributed by atoms with E-state index in [9.17, 15) is 0 Å². The maximum Gasteiger partial charge on any atom is 0.00682 e. The Labute approximate surface area is 87.8 Å². The summed E-state index contributed by atoms with van der Waals surface area (Å²) in [5, 5.41) is 7.06. The van der Waals surface area contributed by atoms with E-state index >= 15 is 0 Å². The monoisotopic (exact) mass is 196 g/mol. The Balaban J connectivity index is 1.25. The highest BCUT2D eigenvalue weighted by molar-refractivity contribution is 4.80. The van der Waals surface area contributed by atoms with Gasteiger partial charge in [0.15, 0.2) is 0 Å². The Hall–Kier alpha value is -0.0800. The summed E-state index contributed by atoms with van der Waals surface area (Å²) in [4.78, 5) is 0. The van der Waals surface area contributed by atoms with E-state index < -0.39 is 0 Å². The second-order valence-corrected chi connectivity index (χ2v) is 4.92. The molecule has 2 fully saturated rings. The zero-order chi connectivity index (χ0) is 9.64. The first kappa shape index (κ1) is 10.4. The molecule has 14 heavy (non-hydrogen) atoms. The van der Waals surface area contributed by atoms with Gasteiger partial charge in [0, 0.05) is 6.04 Å². The second kappa shape index (κ2) is 5.72. The number of hydrogen-bond acceptors (Lipinski definition) is 2. The summed E-state index contributed by atoms with van der Waals surface area (Å²) >= 11 is 0. The maximum absolute atomic E-state index is 3.54. The van der Waals surface area contributed by atoms with Gasteiger partial charge in [0.25, 0.3) is 0 Å². The van der Waals surface area contributed by atoms with Crippen LogP contribution in [0.3, 0.4) is 0 Å². The van der Waals surface area contributed by atoms with Crippen molar-refractivity contribution in [2.24, 2.45) is 5.92 Å². The molecule has 0 aromatic carbocycles. The molecular formula is C12H24N2. The molecular weight excluding hydrogens is 172 g/mol. The van der Waals surface area contributed by atoms with Gasteiger partial charge in [-0.15, -0.1) is 0 Å². The Morgan fingerprint density at radius 3 is 2.36 bits per heavy atom. The van der Waals surface area contributed by atoms with Crippen LogP contribution in [0.5, 0.6) is 0 Å². The number of rotatable bonds is 9. The van der Waals surface area contributed by atoms with Crippen LogP contribution in [0.2, 0.25) is 0 Å². The van der Waals surface area contributed by atoms with Crippen molar-refractivity contribution in [2.45, 2.75) is 51.0 Å². The minimum absolute atomic E-state index is 0.880. The summed E-state index contributed by atoms with van der Waals surface area (Å²) in [6.45, 7) is 3.64. The topological polar surface area (TPSA) is 24.1 Å². The molecule has 2 aliphatic carbocycles. The first-order valence-corrected chi connectivity index (χ1v) is 6.39. The molecule has 0 aromatic rings. The lowest BCUT2D eigenvalue weighted by Crippen LogP contribution is -2.23. The van der Waals surface area contributed by atoms with Crippen molar-refractivity contribution in [1.82, 2.24) is 10.6 Å². The van der Waals surface area contributed by atoms with Gasteiger partial charge in [0.1, 0.15) is 0 Å². The van der Waals surface area contributed by atoms with Gasteiger partial charge in [0.2, 0.25) is 0 Å². The van der Waals surface area contributed by atoms with E-state index in [1.807, 2.05) is 0 Å². The van der Waals surface area contributed by atoms with Gasteiger partial charge >= 0.3 is 0 Å². The van der Waals surface area contributed by atoms with E-state index in [0.717, 1.165) is 12.0 Å². The number of nitrogens with one attached hydrogen (secondary N) is 2. The summed E-state index contributed by atoms with van der Waals surface area (Å²) in [6.07, 6.45) is 9.98. The molecule has 0 aliphatic heterocycles. The Bertz CT molecular complexity index is 132. The molecule has 2 rings (SSSR count). The molecule has 2 aliphatic rings. The van der Waals surface area contributed by atoms with Crippen molar-refractivity contribution in [2.75, 3.05) is 19.6 Å². The second-order valence-electron chi connectivity index (χ2n) is 4.92. The molecule has 0 aromatic heterocycles. The van der Waals surface area contributed by atoms with Crippen molar-refractivity contribution in [3.05, 3.63) is 0 Å². The van der Waals surface area contributed by atoms with Gasteiger partial charge in [-0.1, -0.05) is 12.8 Å². The highest BCUT2D eigenvalue weighted by atomic mass is 14.9. The standard InChI is InChI=1S/C12H24N2/c1(3-11-4-5-11)8-13-9-2-10-14-12-6-7-12/h11-14H,1-10H2. The molecule has 0 atom stereocenters. The van der Waals surface area contributed by atoms with E-state index in [0.29, 0.717) is 0 Å². The van der Waals surface area contributed by atoms with Gasteiger partial charge in [-0.25, -0.2) is 0 Å². The van der Waals surface area contributed by atoms with E-state index in [1.54, 1.807) is 0 Å². The third kappa shape index (κ3) is 4.97. The summed E-state index contributed by atoms with van der Waals surface area (Å²) in [7, 11) is 0. The Kier molecular flexibility index (Phi) is 4.26. The van der Waals surface area contributed by atoms with Crippen LogP contribution >= 0.6 is 0 Å². The van der Waals surface area contributed by atoms with Gasteiger partial charge in [-0.2, -0.15) is 0 Å². The summed E-state index contributed by atoms with van der Waals surface area (Å²) < 4.78 is 0.